The lowest BCUT2D eigenvalue weighted by molar-refractivity contribution is 0.386. The van der Waals surface area contributed by atoms with E-state index in [2.05, 4.69) is 38.1 Å². The van der Waals surface area contributed by atoms with Crippen molar-refractivity contribution in [2.45, 2.75) is 32.2 Å². The van der Waals surface area contributed by atoms with E-state index in [-0.39, 0.29) is 6.04 Å². The molecule has 0 spiro atoms. The molecule has 18 heavy (non-hydrogen) atoms. The Hall–Kier alpha value is -1.54. The minimum atomic E-state index is -0.0129. The molecule has 0 radical (unpaired) electrons. The van der Waals surface area contributed by atoms with Crippen LogP contribution in [0.1, 0.15) is 43.4 Å². The molecule has 2 N–H and O–H groups in total. The van der Waals surface area contributed by atoms with Crippen molar-refractivity contribution >= 4 is 0 Å². The fraction of sp³-hybridized carbons (Fsp3) is 0.375. The molecule has 2 nitrogen and oxygen atoms in total. The van der Waals surface area contributed by atoms with Gasteiger partial charge in [0.25, 0.3) is 0 Å². The van der Waals surface area contributed by atoms with Crippen LogP contribution in [-0.4, -0.2) is 0 Å². The second kappa shape index (κ2) is 5.87. The summed E-state index contributed by atoms with van der Waals surface area (Å²) in [4.78, 5) is 0. The van der Waals surface area contributed by atoms with Gasteiger partial charge in [0.15, 0.2) is 0 Å². The van der Waals surface area contributed by atoms with Crippen LogP contribution in [0, 0.1) is 5.92 Å². The van der Waals surface area contributed by atoms with Gasteiger partial charge in [0.05, 0.1) is 12.5 Å². The van der Waals surface area contributed by atoms with E-state index >= 15 is 0 Å². The highest BCUT2D eigenvalue weighted by Gasteiger charge is 2.26. The number of benzene rings is 1. The lowest BCUT2D eigenvalue weighted by Crippen LogP contribution is -2.24. The maximum atomic E-state index is 6.43. The van der Waals surface area contributed by atoms with E-state index in [9.17, 15) is 0 Å². The van der Waals surface area contributed by atoms with E-state index < -0.39 is 0 Å². The number of hydrogen-bond acceptors (Lipinski definition) is 2. The van der Waals surface area contributed by atoms with E-state index in [1.54, 1.807) is 12.5 Å². The second-order valence-corrected chi connectivity index (χ2v) is 4.90. The molecule has 0 saturated heterocycles. The molecule has 1 heterocycles. The Labute approximate surface area is 109 Å². The molecule has 0 amide bonds. The van der Waals surface area contributed by atoms with Gasteiger partial charge < -0.3 is 10.2 Å². The fourth-order valence-electron chi connectivity index (χ4n) is 2.49. The van der Waals surface area contributed by atoms with E-state index in [0.29, 0.717) is 11.8 Å². The van der Waals surface area contributed by atoms with Gasteiger partial charge in [-0.3, -0.25) is 0 Å². The lowest BCUT2D eigenvalue weighted by atomic mass is 9.78. The van der Waals surface area contributed by atoms with Gasteiger partial charge in [0.2, 0.25) is 0 Å². The Balaban J connectivity index is 2.31. The molecule has 0 fully saturated rings. The minimum Gasteiger partial charge on any atom is -0.472 e. The Bertz CT molecular complexity index is 449. The lowest BCUT2D eigenvalue weighted by Gasteiger charge is -2.29. The zero-order valence-electron chi connectivity index (χ0n) is 11.0. The summed E-state index contributed by atoms with van der Waals surface area (Å²) in [6.45, 7) is 4.47. The van der Waals surface area contributed by atoms with E-state index in [1.165, 1.54) is 5.56 Å². The normalized spacial score (nSPS) is 16.2. The first-order valence-corrected chi connectivity index (χ1v) is 6.56. The zero-order chi connectivity index (χ0) is 13.0. The zero-order valence-corrected chi connectivity index (χ0v) is 11.0. The van der Waals surface area contributed by atoms with Crippen LogP contribution in [0.15, 0.2) is 53.3 Å². The van der Waals surface area contributed by atoms with Crippen LogP contribution in [0.25, 0.3) is 0 Å². The first kappa shape index (κ1) is 12.9. The van der Waals surface area contributed by atoms with Crippen LogP contribution in [0.5, 0.6) is 0 Å². The number of nitrogens with two attached hydrogens (primary N) is 1. The minimum absolute atomic E-state index is 0.0129. The standard InChI is InChI=1S/C16H21NO/c1-3-12(2)15(13-7-5-4-6-8-13)16(17)14-9-10-18-11-14/h4-12,15-16H,3,17H2,1-2H3. The summed E-state index contributed by atoms with van der Waals surface area (Å²) in [7, 11) is 0. The van der Waals surface area contributed by atoms with Crippen LogP contribution in [0.2, 0.25) is 0 Å². The topological polar surface area (TPSA) is 39.2 Å². The molecular weight excluding hydrogens is 222 g/mol. The second-order valence-electron chi connectivity index (χ2n) is 4.90. The quantitative estimate of drug-likeness (QED) is 0.858. The van der Waals surface area contributed by atoms with Crippen molar-refractivity contribution < 1.29 is 4.42 Å². The van der Waals surface area contributed by atoms with E-state index in [4.69, 9.17) is 10.2 Å². The number of rotatable bonds is 5. The van der Waals surface area contributed by atoms with Gasteiger partial charge in [-0.15, -0.1) is 0 Å². The van der Waals surface area contributed by atoms with Crippen molar-refractivity contribution in [3.8, 4) is 0 Å². The van der Waals surface area contributed by atoms with Crippen molar-refractivity contribution in [2.24, 2.45) is 11.7 Å². The molecule has 0 aliphatic heterocycles. The highest BCUT2D eigenvalue weighted by molar-refractivity contribution is 5.26. The van der Waals surface area contributed by atoms with Crippen molar-refractivity contribution in [2.75, 3.05) is 0 Å². The van der Waals surface area contributed by atoms with Crippen molar-refractivity contribution in [1.29, 1.82) is 0 Å². The van der Waals surface area contributed by atoms with Crippen LogP contribution >= 0.6 is 0 Å². The summed E-state index contributed by atoms with van der Waals surface area (Å²) < 4.78 is 5.16. The molecule has 2 heteroatoms. The van der Waals surface area contributed by atoms with Crippen molar-refractivity contribution in [1.82, 2.24) is 0 Å². The first-order chi connectivity index (χ1) is 8.74. The number of hydrogen-bond donors (Lipinski definition) is 1. The highest BCUT2D eigenvalue weighted by Crippen LogP contribution is 2.36. The predicted octanol–water partition coefficient (Wildman–Crippen LogP) is 4.11. The summed E-state index contributed by atoms with van der Waals surface area (Å²) in [6.07, 6.45) is 4.56. The summed E-state index contributed by atoms with van der Waals surface area (Å²) in [5.74, 6) is 0.867. The largest absolute Gasteiger partial charge is 0.472 e. The first-order valence-electron chi connectivity index (χ1n) is 6.56. The Morgan fingerprint density at radius 1 is 1.11 bits per heavy atom. The van der Waals surface area contributed by atoms with Gasteiger partial charge in [0, 0.05) is 17.5 Å². The third-order valence-corrected chi connectivity index (χ3v) is 3.76. The van der Waals surface area contributed by atoms with Crippen LogP contribution in [0.3, 0.4) is 0 Å². The third kappa shape index (κ3) is 2.65. The van der Waals surface area contributed by atoms with Crippen LogP contribution in [-0.2, 0) is 0 Å². The van der Waals surface area contributed by atoms with Crippen LogP contribution < -0.4 is 5.73 Å². The van der Waals surface area contributed by atoms with Crippen LogP contribution in [0.4, 0.5) is 0 Å². The molecular formula is C16H21NO. The van der Waals surface area contributed by atoms with Crippen molar-refractivity contribution in [3.05, 3.63) is 60.1 Å². The molecule has 3 unspecified atom stereocenters. The van der Waals surface area contributed by atoms with Gasteiger partial charge in [-0.2, -0.15) is 0 Å². The monoisotopic (exact) mass is 243 g/mol. The molecule has 0 aliphatic rings. The third-order valence-electron chi connectivity index (χ3n) is 3.76. The van der Waals surface area contributed by atoms with Gasteiger partial charge in [-0.25, -0.2) is 0 Å². The van der Waals surface area contributed by atoms with Gasteiger partial charge in [-0.05, 0) is 17.5 Å². The van der Waals surface area contributed by atoms with E-state index in [0.717, 1.165) is 12.0 Å². The SMILES string of the molecule is CCC(C)C(c1ccccc1)C(N)c1ccoc1. The number of furan rings is 1. The summed E-state index contributed by atoms with van der Waals surface area (Å²) in [5, 5.41) is 0. The molecule has 0 bridgehead atoms. The van der Waals surface area contributed by atoms with Gasteiger partial charge in [0.1, 0.15) is 0 Å². The van der Waals surface area contributed by atoms with E-state index in [1.807, 2.05) is 12.1 Å². The highest BCUT2D eigenvalue weighted by atomic mass is 16.3. The Morgan fingerprint density at radius 2 is 1.83 bits per heavy atom. The average molecular weight is 243 g/mol. The maximum Gasteiger partial charge on any atom is 0.0950 e. The molecule has 2 aromatic rings. The molecule has 0 aliphatic carbocycles. The fourth-order valence-corrected chi connectivity index (χ4v) is 2.49. The van der Waals surface area contributed by atoms with Crippen molar-refractivity contribution in [3.63, 3.8) is 0 Å². The molecule has 0 saturated carbocycles. The predicted molar refractivity (Wildman–Crippen MR) is 74.3 cm³/mol. The van der Waals surface area contributed by atoms with Gasteiger partial charge in [-0.1, -0.05) is 50.6 Å². The summed E-state index contributed by atoms with van der Waals surface area (Å²) in [6, 6.07) is 12.5. The molecule has 3 atom stereocenters. The maximum absolute atomic E-state index is 6.43. The molecule has 1 aromatic carbocycles. The van der Waals surface area contributed by atoms with Gasteiger partial charge >= 0.3 is 0 Å². The molecule has 1 aromatic heterocycles. The molecule has 96 valence electrons. The summed E-state index contributed by atoms with van der Waals surface area (Å²) >= 11 is 0. The Morgan fingerprint density at radius 3 is 2.39 bits per heavy atom. The Kier molecular flexibility index (Phi) is 4.21. The average Bonchev–Trinajstić information content (AvgIpc) is 2.94. The smallest absolute Gasteiger partial charge is 0.0950 e. The summed E-state index contributed by atoms with van der Waals surface area (Å²) in [5.41, 5.74) is 8.81. The molecule has 2 rings (SSSR count).